The van der Waals surface area contributed by atoms with E-state index in [1.165, 1.54) is 12.1 Å². The zero-order valence-electron chi connectivity index (χ0n) is 20.9. The van der Waals surface area contributed by atoms with Crippen molar-refractivity contribution in [1.82, 2.24) is 5.32 Å². The van der Waals surface area contributed by atoms with Crippen LogP contribution in [0.15, 0.2) is 23.5 Å². The highest BCUT2D eigenvalue weighted by atomic mass is 35.5. The van der Waals surface area contributed by atoms with E-state index in [0.717, 1.165) is 0 Å². The maximum Gasteiger partial charge on any atom is 0.238 e. The van der Waals surface area contributed by atoms with Gasteiger partial charge in [-0.25, -0.2) is 0 Å². The number of Topliss-reactive ketones (excluding diaryl/α,β-unsaturated/α-hetero) is 2. The van der Waals surface area contributed by atoms with Crippen molar-refractivity contribution in [2.75, 3.05) is 18.4 Å². The number of nitrogens with two attached hydrogens (primary N) is 1. The molecule has 0 heterocycles. The Kier molecular flexibility index (Phi) is 9.61. The number of ketones is 2. The van der Waals surface area contributed by atoms with Gasteiger partial charge in [-0.15, -0.1) is 24.8 Å². The Morgan fingerprint density at radius 2 is 1.82 bits per heavy atom. The molecule has 13 heteroatoms. The molecule has 3 aliphatic rings. The van der Waals surface area contributed by atoms with Crippen LogP contribution in [0.1, 0.15) is 42.6 Å². The fraction of sp³-hybridized carbons (Fsp3) is 0.520. The minimum Gasteiger partial charge on any atom is -0.508 e. The summed E-state index contributed by atoms with van der Waals surface area (Å²) < 4.78 is 0. The van der Waals surface area contributed by atoms with E-state index in [1.807, 2.05) is 13.8 Å². The number of phenols is 1. The van der Waals surface area contributed by atoms with Gasteiger partial charge in [0.25, 0.3) is 0 Å². The second-order valence-electron chi connectivity index (χ2n) is 10.3. The number of aromatic hydroxyl groups is 1. The number of phenolic OH excluding ortho intramolecular Hbond substituents is 1. The number of halogens is 2. The molecule has 38 heavy (non-hydrogen) atoms. The molecule has 3 aliphatic carbocycles. The summed E-state index contributed by atoms with van der Waals surface area (Å²) >= 11 is 0. The van der Waals surface area contributed by atoms with E-state index < -0.39 is 70.8 Å². The molecule has 0 aliphatic heterocycles. The van der Waals surface area contributed by atoms with Crippen molar-refractivity contribution in [1.29, 1.82) is 0 Å². The Balaban J connectivity index is 0.00000253. The lowest BCUT2D eigenvalue weighted by atomic mass is 9.55. The van der Waals surface area contributed by atoms with Crippen molar-refractivity contribution in [2.45, 2.75) is 44.8 Å². The molecule has 1 fully saturated rings. The molecule has 11 nitrogen and oxygen atoms in total. The largest absolute Gasteiger partial charge is 0.508 e. The quantitative estimate of drug-likeness (QED) is 0.240. The van der Waals surface area contributed by atoms with Gasteiger partial charge in [-0.05, 0) is 36.9 Å². The zero-order valence-corrected chi connectivity index (χ0v) is 22.5. The van der Waals surface area contributed by atoms with Gasteiger partial charge in [0, 0.05) is 23.8 Å². The lowest BCUT2D eigenvalue weighted by Gasteiger charge is -2.50. The van der Waals surface area contributed by atoms with Crippen LogP contribution in [0.4, 0.5) is 5.69 Å². The van der Waals surface area contributed by atoms with Gasteiger partial charge < -0.3 is 36.8 Å². The summed E-state index contributed by atoms with van der Waals surface area (Å²) in [6.07, 6.45) is -1.75. The first-order valence-electron chi connectivity index (χ1n) is 11.9. The molecule has 2 amide bonds. The number of hydrogen-bond donors (Lipinski definition) is 7. The minimum absolute atomic E-state index is 0. The van der Waals surface area contributed by atoms with Gasteiger partial charge in [0.1, 0.15) is 5.76 Å². The van der Waals surface area contributed by atoms with Gasteiger partial charge in [0.05, 0.1) is 29.8 Å². The number of rotatable bonds is 6. The van der Waals surface area contributed by atoms with Crippen molar-refractivity contribution < 1.29 is 39.6 Å². The molecule has 5 unspecified atom stereocenters. The monoisotopic (exact) mass is 573 g/mol. The van der Waals surface area contributed by atoms with E-state index in [4.69, 9.17) is 5.73 Å². The number of fused-ring (bicyclic) bond motifs is 3. The van der Waals surface area contributed by atoms with Gasteiger partial charge >= 0.3 is 0 Å². The maximum absolute atomic E-state index is 13.6. The molecule has 1 aromatic carbocycles. The van der Waals surface area contributed by atoms with E-state index in [2.05, 4.69) is 10.6 Å². The number of primary amides is 1. The minimum atomic E-state index is -2.55. The summed E-state index contributed by atoms with van der Waals surface area (Å²) in [5.74, 6) is -7.58. The van der Waals surface area contributed by atoms with Gasteiger partial charge in [-0.1, -0.05) is 19.9 Å². The molecule has 0 spiro atoms. The number of nitrogens with one attached hydrogen (secondary N) is 2. The number of aliphatic hydroxyl groups is 3. The smallest absolute Gasteiger partial charge is 0.238 e. The van der Waals surface area contributed by atoms with Crippen LogP contribution in [0.2, 0.25) is 0 Å². The Morgan fingerprint density at radius 3 is 2.42 bits per heavy atom. The molecule has 0 aromatic heterocycles. The van der Waals surface area contributed by atoms with Gasteiger partial charge in [-0.2, -0.15) is 0 Å². The molecule has 8 N–H and O–H groups in total. The van der Waals surface area contributed by atoms with Crippen molar-refractivity contribution in [3.8, 4) is 5.75 Å². The number of hydrogen-bond acceptors (Lipinski definition) is 9. The van der Waals surface area contributed by atoms with E-state index in [0.29, 0.717) is 18.0 Å². The molecule has 0 radical (unpaired) electrons. The van der Waals surface area contributed by atoms with Crippen molar-refractivity contribution in [2.24, 2.45) is 29.4 Å². The predicted octanol–water partition coefficient (Wildman–Crippen LogP) is 0.773. The average molecular weight is 574 g/mol. The molecular weight excluding hydrogens is 541 g/mol. The SMILES string of the molecule is CC(C)CNCC(=O)Nc1ccc2c(c1O)C(=O)C1=C(O)C3(O)C(=O)CC(O)CC3C(C(N)=O)C1C2.Cl.Cl. The molecule has 0 saturated heterocycles. The summed E-state index contributed by atoms with van der Waals surface area (Å²) in [7, 11) is 0. The fourth-order valence-electron chi connectivity index (χ4n) is 5.78. The Hall–Kier alpha value is -2.70. The van der Waals surface area contributed by atoms with Crippen LogP contribution in [-0.2, 0) is 20.8 Å². The lowest BCUT2D eigenvalue weighted by Crippen LogP contribution is -2.63. The highest BCUT2D eigenvalue weighted by Crippen LogP contribution is 2.53. The number of carbonyl (C=O) groups excluding carboxylic acids is 4. The second kappa shape index (κ2) is 11.6. The van der Waals surface area contributed by atoms with Crippen molar-refractivity contribution >= 4 is 53.9 Å². The molecule has 0 bridgehead atoms. The number of allylic oxidation sites excluding steroid dienone is 1. The first kappa shape index (κ1) is 31.5. The lowest BCUT2D eigenvalue weighted by molar-refractivity contribution is -0.163. The molecule has 1 saturated carbocycles. The second-order valence-corrected chi connectivity index (χ2v) is 10.3. The first-order valence-corrected chi connectivity index (χ1v) is 11.9. The summed E-state index contributed by atoms with van der Waals surface area (Å²) in [4.78, 5) is 51.2. The normalized spacial score (nSPS) is 27.9. The highest BCUT2D eigenvalue weighted by Gasteiger charge is 2.63. The third-order valence-electron chi connectivity index (χ3n) is 7.38. The molecule has 4 rings (SSSR count). The molecule has 5 atom stereocenters. The van der Waals surface area contributed by atoms with Crippen LogP contribution in [0, 0.1) is 23.7 Å². The van der Waals surface area contributed by atoms with Gasteiger partial charge in [0.2, 0.25) is 11.8 Å². The first-order chi connectivity index (χ1) is 16.9. The van der Waals surface area contributed by atoms with E-state index in [9.17, 15) is 39.6 Å². The van der Waals surface area contributed by atoms with Crippen LogP contribution in [0.25, 0.3) is 0 Å². The maximum atomic E-state index is 13.6. The van der Waals surface area contributed by atoms with Crippen molar-refractivity contribution in [3.05, 3.63) is 34.6 Å². The number of aliphatic hydroxyl groups excluding tert-OH is 2. The summed E-state index contributed by atoms with van der Waals surface area (Å²) in [5, 5.41) is 48.9. The predicted molar refractivity (Wildman–Crippen MR) is 141 cm³/mol. The van der Waals surface area contributed by atoms with E-state index >= 15 is 0 Å². The third-order valence-corrected chi connectivity index (χ3v) is 7.38. The number of benzene rings is 1. The Labute approximate surface area is 231 Å². The van der Waals surface area contributed by atoms with Crippen LogP contribution in [0.3, 0.4) is 0 Å². The highest BCUT2D eigenvalue weighted by molar-refractivity contribution is 6.16. The Morgan fingerprint density at radius 1 is 1.16 bits per heavy atom. The van der Waals surface area contributed by atoms with Crippen LogP contribution >= 0.6 is 24.8 Å². The topological polar surface area (TPSA) is 199 Å². The van der Waals surface area contributed by atoms with Crippen LogP contribution in [0.5, 0.6) is 5.75 Å². The standard InChI is InChI=1S/C25H31N3O8.2ClH/c1-10(2)8-27-9-17(31)28-15-4-3-11-5-13-19(24(26)35)14-6-12(29)7-16(30)25(14,36)23(34)20(13)22(33)18(11)21(15)32;;/h3-4,10,12-14,19,27,29,32,34,36H,5-9H2,1-2H3,(H2,26,35)(H,28,31);2*1H. The van der Waals surface area contributed by atoms with E-state index in [-0.39, 0.29) is 61.0 Å². The average Bonchev–Trinajstić information content (AvgIpc) is 2.77. The molecule has 210 valence electrons. The summed E-state index contributed by atoms with van der Waals surface area (Å²) in [5.41, 5.74) is 2.86. The fourth-order valence-corrected chi connectivity index (χ4v) is 5.78. The number of carbonyl (C=O) groups is 4. The third kappa shape index (κ3) is 5.13. The van der Waals surface area contributed by atoms with Gasteiger partial charge in [-0.3, -0.25) is 19.2 Å². The van der Waals surface area contributed by atoms with Crippen molar-refractivity contribution in [3.63, 3.8) is 0 Å². The summed E-state index contributed by atoms with van der Waals surface area (Å²) in [6, 6.07) is 2.96. The van der Waals surface area contributed by atoms with E-state index in [1.54, 1.807) is 0 Å². The molecular formula is C25H33Cl2N3O8. The number of amides is 2. The Bertz CT molecular complexity index is 1190. The summed E-state index contributed by atoms with van der Waals surface area (Å²) in [6.45, 7) is 4.56. The van der Waals surface area contributed by atoms with Crippen LogP contribution in [-0.4, -0.2) is 68.6 Å². The van der Waals surface area contributed by atoms with Gasteiger partial charge in [0.15, 0.2) is 22.9 Å². The zero-order chi connectivity index (χ0) is 26.5. The number of anilines is 1. The molecule has 1 aromatic rings. The van der Waals surface area contributed by atoms with Crippen LogP contribution < -0.4 is 16.4 Å².